The summed E-state index contributed by atoms with van der Waals surface area (Å²) in [4.78, 5) is 18.8. The van der Waals surface area contributed by atoms with Gasteiger partial charge in [0.1, 0.15) is 5.65 Å². The van der Waals surface area contributed by atoms with Crippen molar-refractivity contribution in [2.45, 2.75) is 19.5 Å². The van der Waals surface area contributed by atoms with Gasteiger partial charge >= 0.3 is 0 Å². The molecular weight excluding hydrogens is 270 g/mol. The van der Waals surface area contributed by atoms with E-state index in [0.29, 0.717) is 25.4 Å². The molecule has 1 aliphatic rings. The maximum Gasteiger partial charge on any atom is 0.258 e. The number of ether oxygens (including phenoxy) is 1. The highest BCUT2D eigenvalue weighted by molar-refractivity contribution is 5.41. The summed E-state index contributed by atoms with van der Waals surface area (Å²) in [5.41, 5.74) is 2.37. The molecule has 21 heavy (non-hydrogen) atoms. The molecule has 1 N–H and O–H groups in total. The lowest BCUT2D eigenvalue weighted by atomic mass is 10.2. The van der Waals surface area contributed by atoms with Gasteiger partial charge in [-0.25, -0.2) is 4.98 Å². The molecule has 6 nitrogen and oxygen atoms in total. The molecule has 0 spiro atoms. The third kappa shape index (κ3) is 2.97. The van der Waals surface area contributed by atoms with Crippen LogP contribution in [-0.4, -0.2) is 51.8 Å². The molecule has 0 amide bonds. The number of rotatable bonds is 3. The number of aliphatic hydroxyl groups is 1. The molecule has 1 fully saturated rings. The maximum absolute atomic E-state index is 12.1. The molecule has 1 atom stereocenters. The summed E-state index contributed by atoms with van der Waals surface area (Å²) in [5.74, 6) is 0. The van der Waals surface area contributed by atoms with Crippen LogP contribution in [0.25, 0.3) is 5.65 Å². The zero-order valence-electron chi connectivity index (χ0n) is 12.0. The molecule has 1 unspecified atom stereocenters. The van der Waals surface area contributed by atoms with Crippen LogP contribution in [0.2, 0.25) is 0 Å². The standard InChI is InChI=1S/C15H19N3O3/c1-11-2-3-18-14(6-11)16-12(7-15(18)20)8-17-4-5-21-10-13(17)9-19/h2-3,6-7,13,19H,4-5,8-10H2,1H3. The van der Waals surface area contributed by atoms with Crippen molar-refractivity contribution in [2.75, 3.05) is 26.4 Å². The van der Waals surface area contributed by atoms with Gasteiger partial charge in [-0.15, -0.1) is 0 Å². The quantitative estimate of drug-likeness (QED) is 0.874. The largest absolute Gasteiger partial charge is 0.395 e. The number of pyridine rings is 1. The van der Waals surface area contributed by atoms with E-state index in [-0.39, 0.29) is 18.2 Å². The van der Waals surface area contributed by atoms with Gasteiger partial charge in [0, 0.05) is 25.4 Å². The van der Waals surface area contributed by atoms with Gasteiger partial charge in [0.25, 0.3) is 5.56 Å². The zero-order chi connectivity index (χ0) is 14.8. The van der Waals surface area contributed by atoms with Crippen LogP contribution >= 0.6 is 0 Å². The average molecular weight is 289 g/mol. The molecule has 112 valence electrons. The molecular formula is C15H19N3O3. The third-order valence-electron chi connectivity index (χ3n) is 3.80. The zero-order valence-corrected chi connectivity index (χ0v) is 12.0. The highest BCUT2D eigenvalue weighted by Gasteiger charge is 2.22. The van der Waals surface area contributed by atoms with Gasteiger partial charge in [0.05, 0.1) is 31.6 Å². The molecule has 0 saturated carbocycles. The summed E-state index contributed by atoms with van der Waals surface area (Å²) in [6.07, 6.45) is 1.75. The second-order valence-corrected chi connectivity index (χ2v) is 5.40. The smallest absolute Gasteiger partial charge is 0.258 e. The Morgan fingerprint density at radius 3 is 3.14 bits per heavy atom. The minimum Gasteiger partial charge on any atom is -0.395 e. The molecule has 2 aromatic heterocycles. The van der Waals surface area contributed by atoms with Crippen molar-refractivity contribution in [3.63, 3.8) is 0 Å². The average Bonchev–Trinajstić information content (AvgIpc) is 2.47. The van der Waals surface area contributed by atoms with Crippen LogP contribution in [-0.2, 0) is 11.3 Å². The minimum absolute atomic E-state index is 0.0310. The molecule has 0 radical (unpaired) electrons. The van der Waals surface area contributed by atoms with Crippen LogP contribution in [0, 0.1) is 6.92 Å². The molecule has 6 heteroatoms. The Labute approximate surface area is 122 Å². The fraction of sp³-hybridized carbons (Fsp3) is 0.467. The van der Waals surface area contributed by atoms with Crippen LogP contribution in [0.1, 0.15) is 11.3 Å². The highest BCUT2D eigenvalue weighted by Crippen LogP contribution is 2.11. The Morgan fingerprint density at radius 2 is 2.33 bits per heavy atom. The molecule has 0 aliphatic carbocycles. The van der Waals surface area contributed by atoms with Gasteiger partial charge < -0.3 is 9.84 Å². The van der Waals surface area contributed by atoms with E-state index in [1.807, 2.05) is 19.1 Å². The molecule has 0 aromatic carbocycles. The number of nitrogens with zero attached hydrogens (tertiary/aromatic N) is 3. The van der Waals surface area contributed by atoms with Crippen molar-refractivity contribution < 1.29 is 9.84 Å². The van der Waals surface area contributed by atoms with E-state index in [9.17, 15) is 9.90 Å². The second kappa shape index (κ2) is 5.93. The van der Waals surface area contributed by atoms with Crippen molar-refractivity contribution in [3.05, 3.63) is 46.0 Å². The van der Waals surface area contributed by atoms with Crippen molar-refractivity contribution in [1.82, 2.24) is 14.3 Å². The van der Waals surface area contributed by atoms with E-state index in [1.54, 1.807) is 16.7 Å². The fourth-order valence-electron chi connectivity index (χ4n) is 2.61. The fourth-order valence-corrected chi connectivity index (χ4v) is 2.61. The van der Waals surface area contributed by atoms with E-state index in [0.717, 1.165) is 17.8 Å². The first-order valence-corrected chi connectivity index (χ1v) is 7.09. The third-order valence-corrected chi connectivity index (χ3v) is 3.80. The lowest BCUT2D eigenvalue weighted by Crippen LogP contribution is -2.47. The van der Waals surface area contributed by atoms with E-state index in [4.69, 9.17) is 4.74 Å². The molecule has 1 saturated heterocycles. The van der Waals surface area contributed by atoms with Crippen LogP contribution in [0.5, 0.6) is 0 Å². The van der Waals surface area contributed by atoms with E-state index < -0.39 is 0 Å². The predicted molar refractivity (Wildman–Crippen MR) is 78.3 cm³/mol. The van der Waals surface area contributed by atoms with Gasteiger partial charge in [0.15, 0.2) is 0 Å². The van der Waals surface area contributed by atoms with E-state index in [1.165, 1.54) is 0 Å². The van der Waals surface area contributed by atoms with E-state index in [2.05, 4.69) is 9.88 Å². The Morgan fingerprint density at radius 1 is 1.48 bits per heavy atom. The van der Waals surface area contributed by atoms with Gasteiger partial charge in [-0.05, 0) is 24.6 Å². The predicted octanol–water partition coefficient (Wildman–Crippen LogP) is 0.196. The number of hydrogen-bond acceptors (Lipinski definition) is 5. The molecule has 1 aliphatic heterocycles. The second-order valence-electron chi connectivity index (χ2n) is 5.40. The van der Waals surface area contributed by atoms with Crippen molar-refractivity contribution >= 4 is 5.65 Å². The normalized spacial score (nSPS) is 20.0. The summed E-state index contributed by atoms with van der Waals surface area (Å²) in [6.45, 7) is 4.47. The van der Waals surface area contributed by atoms with Crippen LogP contribution in [0.15, 0.2) is 29.2 Å². The summed E-state index contributed by atoms with van der Waals surface area (Å²) < 4.78 is 6.90. The Bertz CT molecular complexity index is 698. The van der Waals surface area contributed by atoms with Crippen LogP contribution < -0.4 is 5.56 Å². The highest BCUT2D eigenvalue weighted by atomic mass is 16.5. The monoisotopic (exact) mass is 289 g/mol. The lowest BCUT2D eigenvalue weighted by molar-refractivity contribution is -0.0317. The number of fused-ring (bicyclic) bond motifs is 1. The van der Waals surface area contributed by atoms with Gasteiger partial charge in [-0.1, -0.05) is 0 Å². The van der Waals surface area contributed by atoms with Crippen molar-refractivity contribution in [1.29, 1.82) is 0 Å². The summed E-state index contributed by atoms with van der Waals surface area (Å²) in [6, 6.07) is 5.32. The Kier molecular flexibility index (Phi) is 4.01. The molecule has 2 aromatic rings. The van der Waals surface area contributed by atoms with Crippen LogP contribution in [0.3, 0.4) is 0 Å². The summed E-state index contributed by atoms with van der Waals surface area (Å²) in [7, 11) is 0. The summed E-state index contributed by atoms with van der Waals surface area (Å²) >= 11 is 0. The molecule has 0 bridgehead atoms. The number of hydrogen-bond donors (Lipinski definition) is 1. The van der Waals surface area contributed by atoms with Gasteiger partial charge in [0.2, 0.25) is 0 Å². The van der Waals surface area contributed by atoms with Crippen molar-refractivity contribution in [3.8, 4) is 0 Å². The maximum atomic E-state index is 12.1. The Hall–Kier alpha value is -1.76. The summed E-state index contributed by atoms with van der Waals surface area (Å²) in [5, 5.41) is 9.39. The van der Waals surface area contributed by atoms with Gasteiger partial charge in [-0.2, -0.15) is 0 Å². The number of aromatic nitrogens is 2. The topological polar surface area (TPSA) is 67.1 Å². The first kappa shape index (κ1) is 14.2. The molecule has 3 heterocycles. The Balaban J connectivity index is 1.91. The number of morpholine rings is 1. The van der Waals surface area contributed by atoms with Crippen molar-refractivity contribution in [2.24, 2.45) is 0 Å². The van der Waals surface area contributed by atoms with E-state index >= 15 is 0 Å². The molecule has 3 rings (SSSR count). The minimum atomic E-state index is -0.0798. The van der Waals surface area contributed by atoms with Gasteiger partial charge in [-0.3, -0.25) is 14.1 Å². The lowest BCUT2D eigenvalue weighted by Gasteiger charge is -2.34. The SMILES string of the molecule is Cc1ccn2c(=O)cc(CN3CCOCC3CO)nc2c1. The first-order valence-electron chi connectivity index (χ1n) is 7.09. The number of aryl methyl sites for hydroxylation is 1. The first-order chi connectivity index (χ1) is 10.2. The number of aliphatic hydroxyl groups excluding tert-OH is 1. The van der Waals surface area contributed by atoms with Crippen LogP contribution in [0.4, 0.5) is 0 Å².